The highest BCUT2D eigenvalue weighted by atomic mass is 16.2. The number of aromatic amines is 1. The third-order valence-electron chi connectivity index (χ3n) is 14.6. The number of Topliss-reactive ketones (excluding diaryl/α,β-unsaturated/α-hetero) is 1. The number of carbonyl (C=O) groups excluding carboxylic acids is 2. The van der Waals surface area contributed by atoms with Crippen LogP contribution >= 0.6 is 0 Å². The van der Waals surface area contributed by atoms with Crippen LogP contribution in [-0.4, -0.2) is 38.1 Å². The molecule has 1 amide bonds. The lowest BCUT2D eigenvalue weighted by atomic mass is 9.75. The first-order valence-corrected chi connectivity index (χ1v) is 24.7. The minimum Gasteiger partial charge on any atom is -0.340 e. The summed E-state index contributed by atoms with van der Waals surface area (Å²) in [7, 11) is 0. The lowest BCUT2D eigenvalue weighted by Gasteiger charge is -2.29. The second kappa shape index (κ2) is 20.4. The van der Waals surface area contributed by atoms with Crippen molar-refractivity contribution in [3.63, 3.8) is 0 Å². The Kier molecular flexibility index (Phi) is 13.8. The summed E-state index contributed by atoms with van der Waals surface area (Å²) in [5.74, 6) is 1.46. The van der Waals surface area contributed by atoms with Crippen LogP contribution in [0.4, 0.5) is 0 Å². The SMILES string of the molecule is CCC=C(CC)C(C(=O)N1CCCC1c1nc2ccc(-c3ccc(-c4ccc5ccc(C6CCCC=C6CC(=O)C(c6ccccc6)C(CC)CC)nc5c4)cc3)cc2[nH]1)c1ccccc1. The van der Waals surface area contributed by atoms with Crippen LogP contribution in [0.5, 0.6) is 0 Å². The smallest absolute Gasteiger partial charge is 0.234 e. The van der Waals surface area contributed by atoms with E-state index in [2.05, 4.69) is 159 Å². The second-order valence-corrected chi connectivity index (χ2v) is 18.5. The molecule has 0 radical (unpaired) electrons. The Labute approximate surface area is 391 Å². The van der Waals surface area contributed by atoms with Crippen LogP contribution in [0.1, 0.15) is 138 Å². The zero-order valence-electron chi connectivity index (χ0n) is 39.2. The molecule has 6 heteroatoms. The molecule has 2 aromatic heterocycles. The fourth-order valence-electron chi connectivity index (χ4n) is 11.0. The molecule has 66 heavy (non-hydrogen) atoms. The molecule has 7 aromatic rings. The summed E-state index contributed by atoms with van der Waals surface area (Å²) >= 11 is 0. The molecule has 1 N–H and O–H groups in total. The molecular weight excluding hydrogens is 809 g/mol. The predicted octanol–water partition coefficient (Wildman–Crippen LogP) is 15.0. The number of imidazole rings is 1. The first-order chi connectivity index (χ1) is 32.4. The van der Waals surface area contributed by atoms with Crippen molar-refractivity contribution >= 4 is 33.6 Å². The van der Waals surface area contributed by atoms with Gasteiger partial charge in [-0.1, -0.05) is 173 Å². The molecule has 1 fully saturated rings. The Balaban J connectivity index is 0.922. The quantitative estimate of drug-likeness (QED) is 0.0981. The summed E-state index contributed by atoms with van der Waals surface area (Å²) in [4.78, 5) is 44.8. The Morgan fingerprint density at radius 3 is 2.08 bits per heavy atom. The number of hydrogen-bond acceptors (Lipinski definition) is 4. The summed E-state index contributed by atoms with van der Waals surface area (Å²) in [5.41, 5.74) is 13.0. The van der Waals surface area contributed by atoms with Gasteiger partial charge in [0.1, 0.15) is 11.6 Å². The zero-order chi connectivity index (χ0) is 45.6. The highest BCUT2D eigenvalue weighted by Gasteiger charge is 2.37. The molecular formula is C60H64N4O2. The van der Waals surface area contributed by atoms with E-state index in [1.165, 1.54) is 11.1 Å². The molecule has 2 aliphatic rings. The summed E-state index contributed by atoms with van der Waals surface area (Å²) in [6.45, 7) is 9.45. The van der Waals surface area contributed by atoms with Crippen molar-refractivity contribution in [3.8, 4) is 22.3 Å². The maximum Gasteiger partial charge on any atom is 0.234 e. The van der Waals surface area contributed by atoms with E-state index in [0.717, 1.165) is 131 Å². The number of allylic oxidation sites excluding steroid dienone is 3. The zero-order valence-corrected chi connectivity index (χ0v) is 39.2. The monoisotopic (exact) mass is 873 g/mol. The van der Waals surface area contributed by atoms with Crippen molar-refractivity contribution in [1.29, 1.82) is 0 Å². The van der Waals surface area contributed by atoms with Crippen molar-refractivity contribution in [2.45, 2.75) is 116 Å². The molecule has 0 bridgehead atoms. The highest BCUT2D eigenvalue weighted by Crippen LogP contribution is 2.41. The van der Waals surface area contributed by atoms with E-state index in [9.17, 15) is 9.59 Å². The van der Waals surface area contributed by atoms with Gasteiger partial charge in [0, 0.05) is 35.9 Å². The number of nitrogens with zero attached hydrogens (tertiary/aromatic N) is 3. The fourth-order valence-corrected chi connectivity index (χ4v) is 11.0. The molecule has 0 saturated carbocycles. The molecule has 0 spiro atoms. The Bertz CT molecular complexity index is 2850. The maximum atomic E-state index is 14.5. The molecule has 1 saturated heterocycles. The van der Waals surface area contributed by atoms with E-state index in [0.29, 0.717) is 18.1 Å². The molecule has 4 atom stereocenters. The van der Waals surface area contributed by atoms with Crippen molar-refractivity contribution in [2.75, 3.05) is 6.54 Å². The third-order valence-corrected chi connectivity index (χ3v) is 14.6. The fraction of sp³-hybridized carbons (Fsp3) is 0.333. The lowest BCUT2D eigenvalue weighted by Crippen LogP contribution is -2.36. The highest BCUT2D eigenvalue weighted by molar-refractivity contribution is 5.90. The summed E-state index contributed by atoms with van der Waals surface area (Å²) in [6.07, 6.45) is 13.7. The average Bonchev–Trinajstić information content (AvgIpc) is 4.04. The van der Waals surface area contributed by atoms with E-state index < -0.39 is 0 Å². The second-order valence-electron chi connectivity index (χ2n) is 18.5. The summed E-state index contributed by atoms with van der Waals surface area (Å²) in [5, 5.41) is 1.11. The third kappa shape index (κ3) is 9.33. The molecule has 6 nitrogen and oxygen atoms in total. The molecule has 1 aliphatic carbocycles. The van der Waals surface area contributed by atoms with E-state index >= 15 is 0 Å². The largest absolute Gasteiger partial charge is 0.340 e. The predicted molar refractivity (Wildman–Crippen MR) is 271 cm³/mol. The van der Waals surface area contributed by atoms with Gasteiger partial charge in [0.05, 0.1) is 28.5 Å². The number of aromatic nitrogens is 3. The number of fused-ring (bicyclic) bond motifs is 2. The van der Waals surface area contributed by atoms with Crippen molar-refractivity contribution < 1.29 is 9.59 Å². The molecule has 1 aliphatic heterocycles. The number of H-pyrrole nitrogens is 1. The molecule has 9 rings (SSSR count). The van der Waals surface area contributed by atoms with Crippen LogP contribution in [0.3, 0.4) is 0 Å². The number of carbonyl (C=O) groups is 2. The van der Waals surface area contributed by atoms with Crippen LogP contribution in [-0.2, 0) is 9.59 Å². The normalized spacial score (nSPS) is 17.6. The first-order valence-electron chi connectivity index (χ1n) is 24.7. The van der Waals surface area contributed by atoms with Crippen LogP contribution in [0.25, 0.3) is 44.2 Å². The number of benzene rings is 5. The Hall–Kier alpha value is -6.40. The van der Waals surface area contributed by atoms with Gasteiger partial charge in [0.2, 0.25) is 5.91 Å². The van der Waals surface area contributed by atoms with E-state index in [1.807, 2.05) is 24.3 Å². The van der Waals surface area contributed by atoms with Crippen molar-refractivity contribution in [2.24, 2.45) is 5.92 Å². The van der Waals surface area contributed by atoms with Gasteiger partial charge in [-0.15, -0.1) is 0 Å². The number of amides is 1. The summed E-state index contributed by atoms with van der Waals surface area (Å²) in [6, 6.07) is 46.7. The van der Waals surface area contributed by atoms with Crippen LogP contribution in [0, 0.1) is 5.92 Å². The number of hydrogen-bond donors (Lipinski definition) is 1. The van der Waals surface area contributed by atoms with Gasteiger partial charge in [-0.05, 0) is 109 Å². The standard InChI is InChI=1S/C60H64N4O2/c1-5-18-41(8-4)58(46-21-13-10-14-22-46)60(66)64-36-17-25-55(64)59-62-52-35-33-48(38-54(52)63-59)43-28-26-42(27-29-43)47-31-30-44-32-34-51(61-53(44)37-47)50-24-16-15-23-49(50)39-56(65)57(40(6-2)7-3)45-19-11-9-12-20-45/h9-14,18-23,26-35,37-38,40,50,55,57-58H,5-8,15-17,24-25,36,39H2,1-4H3,(H,62,63). The van der Waals surface area contributed by atoms with Gasteiger partial charge in [-0.2, -0.15) is 0 Å². The van der Waals surface area contributed by atoms with E-state index in [-0.39, 0.29) is 29.7 Å². The Morgan fingerprint density at radius 1 is 0.712 bits per heavy atom. The van der Waals surface area contributed by atoms with Gasteiger partial charge in [-0.3, -0.25) is 14.6 Å². The van der Waals surface area contributed by atoms with Gasteiger partial charge >= 0.3 is 0 Å². The van der Waals surface area contributed by atoms with Crippen LogP contribution in [0.2, 0.25) is 0 Å². The van der Waals surface area contributed by atoms with Gasteiger partial charge < -0.3 is 9.88 Å². The van der Waals surface area contributed by atoms with E-state index in [1.54, 1.807) is 0 Å². The minimum absolute atomic E-state index is 0.0861. The lowest BCUT2D eigenvalue weighted by molar-refractivity contribution is -0.133. The van der Waals surface area contributed by atoms with Crippen LogP contribution < -0.4 is 0 Å². The number of ketones is 1. The van der Waals surface area contributed by atoms with Gasteiger partial charge in [0.25, 0.3) is 0 Å². The number of nitrogens with one attached hydrogen (secondary N) is 1. The molecule has 3 heterocycles. The summed E-state index contributed by atoms with van der Waals surface area (Å²) < 4.78 is 0. The average molecular weight is 873 g/mol. The van der Waals surface area contributed by atoms with Gasteiger partial charge in [-0.25, -0.2) is 4.98 Å². The molecule has 336 valence electrons. The molecule has 5 aromatic carbocycles. The number of likely N-dealkylation sites (tertiary alicyclic amines) is 1. The Morgan fingerprint density at radius 2 is 1.38 bits per heavy atom. The maximum absolute atomic E-state index is 14.5. The van der Waals surface area contributed by atoms with Gasteiger partial charge in [0.15, 0.2) is 0 Å². The minimum atomic E-state index is -0.285. The van der Waals surface area contributed by atoms with E-state index in [4.69, 9.17) is 9.97 Å². The number of pyridine rings is 1. The van der Waals surface area contributed by atoms with Crippen molar-refractivity contribution in [1.82, 2.24) is 19.9 Å². The molecule has 4 unspecified atom stereocenters. The topological polar surface area (TPSA) is 79.0 Å². The van der Waals surface area contributed by atoms with Crippen LogP contribution in [0.15, 0.2) is 157 Å². The van der Waals surface area contributed by atoms with Crippen molar-refractivity contribution in [3.05, 3.63) is 179 Å². The number of rotatable bonds is 16. The first kappa shape index (κ1) is 44.8.